The van der Waals surface area contributed by atoms with E-state index in [1.807, 2.05) is 78.9 Å². The molecule has 3 aromatic heterocycles. The largest absolute Gasteiger partial charge is 0.455 e. The number of furan rings is 2. The number of aromatic nitrogens is 1. The van der Waals surface area contributed by atoms with Gasteiger partial charge in [0.05, 0.1) is 42.8 Å². The van der Waals surface area contributed by atoms with Crippen molar-refractivity contribution >= 4 is 123 Å². The zero-order valence-corrected chi connectivity index (χ0v) is 65.1. The summed E-state index contributed by atoms with van der Waals surface area (Å²) in [5.41, 5.74) is 26.7. The van der Waals surface area contributed by atoms with Crippen LogP contribution in [0.25, 0.3) is 149 Å². The SMILES string of the molecule is [2H]c1c([2H])c([2H])c2c(c1[2H])c1c([2H])c(-c3cccc(-c4ccccc4)c3)c([2H])c([2H])c1n2-c1ccc2c(c1)N(c1c(-c3ccccc3)cc(-c3ccccc3)c3oc4ccccc4c13)c1cc(C(C)(C)C)cc3c1B2c1ccc(-c2cc(C(C)(C)C)cc(C(C)(C)C)c2)cc1N3c1c(-c2ccccc2)cc(-c2ccccc2)c2oc3ccccc3c12. The van der Waals surface area contributed by atoms with Crippen LogP contribution in [0.4, 0.5) is 34.1 Å². The molecule has 0 aliphatic carbocycles. The van der Waals surface area contributed by atoms with E-state index in [0.29, 0.717) is 22.4 Å². The molecule has 0 saturated heterocycles. The van der Waals surface area contributed by atoms with Gasteiger partial charge in [-0.15, -0.1) is 0 Å². The van der Waals surface area contributed by atoms with Crippen molar-refractivity contribution in [1.29, 1.82) is 0 Å². The Labute approximate surface area is 676 Å². The van der Waals surface area contributed by atoms with Crippen molar-refractivity contribution in [3.05, 3.63) is 362 Å². The highest BCUT2D eigenvalue weighted by atomic mass is 16.3. The van der Waals surface area contributed by atoms with Crippen molar-refractivity contribution in [1.82, 2.24) is 4.57 Å². The van der Waals surface area contributed by atoms with Crippen LogP contribution in [0.3, 0.4) is 0 Å². The van der Waals surface area contributed by atoms with Gasteiger partial charge in [0.1, 0.15) is 22.3 Å². The molecular formula is C108H84BN3O2. The summed E-state index contributed by atoms with van der Waals surface area (Å²) in [6, 6.07) is 105. The molecule has 5 nitrogen and oxygen atoms in total. The normalized spacial score (nSPS) is 13.8. The van der Waals surface area contributed by atoms with Crippen molar-refractivity contribution in [2.75, 3.05) is 9.80 Å². The van der Waals surface area contributed by atoms with Crippen LogP contribution in [-0.4, -0.2) is 11.3 Å². The van der Waals surface area contributed by atoms with Gasteiger partial charge in [-0.05, 0) is 184 Å². The first-order valence-electron chi connectivity index (χ1n) is 43.0. The number of benzene rings is 16. The van der Waals surface area contributed by atoms with E-state index in [1.54, 1.807) is 4.57 Å². The van der Waals surface area contributed by atoms with Crippen molar-refractivity contribution in [3.8, 4) is 83.6 Å². The van der Waals surface area contributed by atoms with Gasteiger partial charge in [0.2, 0.25) is 0 Å². The summed E-state index contributed by atoms with van der Waals surface area (Å²) >= 11 is 0. The summed E-state index contributed by atoms with van der Waals surface area (Å²) < 4.78 is 87.2. The molecule has 0 bridgehead atoms. The minimum Gasteiger partial charge on any atom is -0.455 e. The maximum Gasteiger partial charge on any atom is 0.252 e. The zero-order chi connectivity index (χ0) is 83.1. The lowest BCUT2D eigenvalue weighted by molar-refractivity contribution is 0.569. The van der Waals surface area contributed by atoms with E-state index in [0.717, 1.165) is 156 Å². The predicted octanol–water partition coefficient (Wildman–Crippen LogP) is 28.2. The molecule has 0 radical (unpaired) electrons. The van der Waals surface area contributed by atoms with Crippen molar-refractivity contribution in [3.63, 3.8) is 0 Å². The summed E-state index contributed by atoms with van der Waals surface area (Å²) in [6.07, 6.45) is 0. The fourth-order valence-electron chi connectivity index (χ4n) is 17.8. The Morgan fingerprint density at radius 3 is 1.24 bits per heavy atom. The number of fused-ring (bicyclic) bond motifs is 13. The molecule has 0 spiro atoms. The Balaban J connectivity index is 0.949. The average Bonchev–Trinajstić information content (AvgIpc) is 1.58. The van der Waals surface area contributed by atoms with Crippen LogP contribution in [0.2, 0.25) is 0 Å². The molecule has 21 rings (SSSR count). The fraction of sp³-hybridized carbons (Fsp3) is 0.111. The number of hydrogen-bond acceptors (Lipinski definition) is 4. The minimum absolute atomic E-state index is 0.0831. The Morgan fingerprint density at radius 2 is 0.719 bits per heavy atom. The van der Waals surface area contributed by atoms with Gasteiger partial charge in [0.25, 0.3) is 6.71 Å². The molecule has 0 amide bonds. The third-order valence-corrected chi connectivity index (χ3v) is 23.6. The predicted molar refractivity (Wildman–Crippen MR) is 484 cm³/mol. The molecular weight excluding hydrogens is 1380 g/mol. The van der Waals surface area contributed by atoms with E-state index >= 15 is 0 Å². The number of para-hydroxylation sites is 3. The second kappa shape index (κ2) is 26.1. The molecule has 0 fully saturated rings. The Bertz CT molecular complexity index is 7510. The van der Waals surface area contributed by atoms with Gasteiger partial charge < -0.3 is 23.2 Å². The smallest absolute Gasteiger partial charge is 0.252 e. The Hall–Kier alpha value is -13.4. The van der Waals surface area contributed by atoms with E-state index in [2.05, 4.69) is 297 Å². The first-order valence-corrected chi connectivity index (χ1v) is 39.5. The molecule has 0 atom stereocenters. The maximum atomic E-state index is 10.6. The highest BCUT2D eigenvalue weighted by Gasteiger charge is 2.47. The maximum absolute atomic E-state index is 10.6. The average molecular weight is 1470 g/mol. The lowest BCUT2D eigenvalue weighted by atomic mass is 9.33. The second-order valence-corrected chi connectivity index (χ2v) is 33.8. The van der Waals surface area contributed by atoms with Crippen molar-refractivity contribution < 1.29 is 18.4 Å². The second-order valence-electron chi connectivity index (χ2n) is 33.8. The number of hydrogen-bond donors (Lipinski definition) is 0. The monoisotopic (exact) mass is 1470 g/mol. The summed E-state index contributed by atoms with van der Waals surface area (Å²) in [5, 5.41) is 3.89. The van der Waals surface area contributed by atoms with Crippen LogP contribution in [-0.2, 0) is 16.2 Å². The Kier molecular flexibility index (Phi) is 14.0. The standard InChI is InChI=1S/C108H84BN3O2/c1-106(2,3)77-57-76(58-78(61-77)107(4,5)6)75-50-53-89-93(60-75)111(102-84(68-34-17-11-18-35-68)65-86(70-38-21-13-22-39-70)104-99(102)82-45-26-29-48-97(82)113-104)95-62-79(108(7,8)9)63-96-101(95)109(89)90-54-52-80(110-91-47-28-25-44-81(91)88-59-74(51-55-92(88)110)73-43-31-42-72(56-73)67-32-15-10-16-33-67)64-94(90)112(96)103-85(69-36-19-12-20-37-69)66-87(71-40-23-14-24-41-71)105-100(103)83-46-27-30-49-98(83)114-105/h10-66H,1-9H3/i25D,28D,44D,47D,51D,55D,59D. The van der Waals surface area contributed by atoms with Crippen LogP contribution in [0.15, 0.2) is 354 Å². The van der Waals surface area contributed by atoms with Crippen LogP contribution in [0.5, 0.6) is 0 Å². The molecule has 546 valence electrons. The van der Waals surface area contributed by atoms with Gasteiger partial charge in [-0.1, -0.05) is 329 Å². The molecule has 2 aliphatic heterocycles. The van der Waals surface area contributed by atoms with Crippen LogP contribution >= 0.6 is 0 Å². The first kappa shape index (κ1) is 61.3. The molecule has 114 heavy (non-hydrogen) atoms. The lowest BCUT2D eigenvalue weighted by Crippen LogP contribution is -2.61. The van der Waals surface area contributed by atoms with Gasteiger partial charge in [-0.2, -0.15) is 0 Å². The molecule has 2 aliphatic rings. The topological polar surface area (TPSA) is 37.7 Å². The van der Waals surface area contributed by atoms with Crippen molar-refractivity contribution in [2.24, 2.45) is 0 Å². The van der Waals surface area contributed by atoms with Crippen LogP contribution in [0.1, 0.15) is 88.6 Å². The lowest BCUT2D eigenvalue weighted by Gasteiger charge is -2.46. The van der Waals surface area contributed by atoms with E-state index in [4.69, 9.17) is 8.83 Å². The summed E-state index contributed by atoms with van der Waals surface area (Å²) in [6.45, 7) is 20.1. The number of nitrogens with zero attached hydrogens (tertiary/aromatic N) is 3. The summed E-state index contributed by atoms with van der Waals surface area (Å²) in [5.74, 6) is 0. The molecule has 5 heterocycles. The van der Waals surface area contributed by atoms with Gasteiger partial charge in [-0.3, -0.25) is 0 Å². The minimum atomic E-state index is -0.539. The van der Waals surface area contributed by atoms with Gasteiger partial charge in [0.15, 0.2) is 0 Å². The highest BCUT2D eigenvalue weighted by molar-refractivity contribution is 7.00. The Morgan fingerprint density at radius 1 is 0.298 bits per heavy atom. The van der Waals surface area contributed by atoms with Crippen molar-refractivity contribution in [2.45, 2.75) is 78.6 Å². The highest BCUT2D eigenvalue weighted by Crippen LogP contribution is 2.58. The molecule has 19 aromatic rings. The van der Waals surface area contributed by atoms with E-state index in [-0.39, 0.29) is 68.4 Å². The quantitative estimate of drug-likeness (QED) is 0.128. The van der Waals surface area contributed by atoms with Gasteiger partial charge in [-0.25, -0.2) is 0 Å². The van der Waals surface area contributed by atoms with Gasteiger partial charge in [0, 0.05) is 72.2 Å². The zero-order valence-electron chi connectivity index (χ0n) is 72.1. The third-order valence-electron chi connectivity index (χ3n) is 23.6. The first-order chi connectivity index (χ1) is 58.4. The van der Waals surface area contributed by atoms with E-state index in [1.165, 1.54) is 11.1 Å². The van der Waals surface area contributed by atoms with Gasteiger partial charge >= 0.3 is 0 Å². The van der Waals surface area contributed by atoms with E-state index < -0.39 is 24.2 Å². The molecule has 16 aromatic carbocycles. The third kappa shape index (κ3) is 11.1. The number of rotatable bonds is 10. The fourth-order valence-corrected chi connectivity index (χ4v) is 17.8. The van der Waals surface area contributed by atoms with Crippen LogP contribution in [0, 0.1) is 0 Å². The molecule has 6 heteroatoms. The molecule has 0 N–H and O–H groups in total. The summed E-state index contributed by atoms with van der Waals surface area (Å²) in [7, 11) is 0. The van der Waals surface area contributed by atoms with Crippen LogP contribution < -0.4 is 26.2 Å². The molecule has 0 unspecified atom stereocenters. The molecule has 0 saturated carbocycles. The number of anilines is 6. The van der Waals surface area contributed by atoms with E-state index in [9.17, 15) is 9.60 Å². The summed E-state index contributed by atoms with van der Waals surface area (Å²) in [4.78, 5) is 5.05.